The van der Waals surface area contributed by atoms with Crippen molar-refractivity contribution in [2.24, 2.45) is 0 Å². The Bertz CT molecular complexity index is 292. The maximum atomic E-state index is 3.46. The third-order valence-corrected chi connectivity index (χ3v) is 2.77. The van der Waals surface area contributed by atoms with E-state index in [0.717, 1.165) is 19.4 Å². The summed E-state index contributed by atoms with van der Waals surface area (Å²) in [6, 6.07) is 2.73. The third kappa shape index (κ3) is 4.45. The van der Waals surface area contributed by atoms with E-state index in [0.29, 0.717) is 6.04 Å². The lowest BCUT2D eigenvalue weighted by molar-refractivity contribution is 0.555. The first-order chi connectivity index (χ1) is 6.83. The van der Waals surface area contributed by atoms with Crippen LogP contribution in [0.4, 0.5) is 0 Å². The van der Waals surface area contributed by atoms with Crippen molar-refractivity contribution in [1.29, 1.82) is 0 Å². The minimum atomic E-state index is 0.545. The maximum absolute atomic E-state index is 3.46. The van der Waals surface area contributed by atoms with Gasteiger partial charge >= 0.3 is 0 Å². The molecule has 0 spiro atoms. The number of nitrogens with one attached hydrogen (secondary N) is 1. The Labute approximate surface area is 90.5 Å². The highest BCUT2D eigenvalue weighted by molar-refractivity contribution is 7.07. The minimum absolute atomic E-state index is 0.545. The largest absolute Gasteiger partial charge is 0.313 e. The molecule has 1 aromatic heterocycles. The van der Waals surface area contributed by atoms with Crippen molar-refractivity contribution in [3.05, 3.63) is 22.4 Å². The van der Waals surface area contributed by atoms with Gasteiger partial charge in [-0.2, -0.15) is 11.3 Å². The number of hydrogen-bond donors (Lipinski definition) is 1. The van der Waals surface area contributed by atoms with E-state index >= 15 is 0 Å². The fourth-order valence-electron chi connectivity index (χ4n) is 1.34. The van der Waals surface area contributed by atoms with Crippen molar-refractivity contribution < 1.29 is 0 Å². The fraction of sp³-hybridized carbons (Fsp3) is 0.500. The minimum Gasteiger partial charge on any atom is -0.313 e. The van der Waals surface area contributed by atoms with Gasteiger partial charge in [-0.3, -0.25) is 0 Å². The molecule has 0 fully saturated rings. The van der Waals surface area contributed by atoms with E-state index in [9.17, 15) is 0 Å². The Balaban J connectivity index is 2.15. The predicted molar refractivity (Wildman–Crippen MR) is 63.6 cm³/mol. The highest BCUT2D eigenvalue weighted by atomic mass is 32.1. The van der Waals surface area contributed by atoms with Gasteiger partial charge in [0.25, 0.3) is 0 Å². The Morgan fingerprint density at radius 2 is 2.43 bits per heavy atom. The molecule has 76 valence electrons. The smallest absolute Gasteiger partial charge is 0.0214 e. The lowest BCUT2D eigenvalue weighted by atomic mass is 10.1. The molecule has 1 heterocycles. The first kappa shape index (κ1) is 11.3. The molecule has 0 aliphatic rings. The van der Waals surface area contributed by atoms with Crippen molar-refractivity contribution in [2.45, 2.75) is 32.7 Å². The molecule has 1 N–H and O–H groups in total. The Morgan fingerprint density at radius 1 is 1.57 bits per heavy atom. The van der Waals surface area contributed by atoms with E-state index < -0.39 is 0 Å². The van der Waals surface area contributed by atoms with Crippen LogP contribution in [-0.2, 0) is 6.42 Å². The molecule has 0 aromatic carbocycles. The molecule has 0 aliphatic heterocycles. The summed E-state index contributed by atoms with van der Waals surface area (Å²) < 4.78 is 0. The quantitative estimate of drug-likeness (QED) is 0.578. The van der Waals surface area contributed by atoms with Crippen LogP contribution in [0.5, 0.6) is 0 Å². The summed E-state index contributed by atoms with van der Waals surface area (Å²) in [5.41, 5.74) is 1.43. The Kier molecular flexibility index (Phi) is 5.36. The molecule has 0 saturated heterocycles. The SMILES string of the molecule is CC#CCCNC(C)Cc1ccsc1. The van der Waals surface area contributed by atoms with Crippen LogP contribution in [0.25, 0.3) is 0 Å². The molecule has 0 aliphatic carbocycles. The summed E-state index contributed by atoms with van der Waals surface area (Å²) in [5.74, 6) is 5.95. The van der Waals surface area contributed by atoms with Crippen LogP contribution < -0.4 is 5.32 Å². The second-order valence-electron chi connectivity index (χ2n) is 3.37. The van der Waals surface area contributed by atoms with Gasteiger partial charge in [-0.1, -0.05) is 0 Å². The normalized spacial score (nSPS) is 11.9. The van der Waals surface area contributed by atoms with E-state index in [2.05, 4.69) is 40.9 Å². The number of rotatable bonds is 5. The number of thiophene rings is 1. The van der Waals surface area contributed by atoms with Gasteiger partial charge in [-0.15, -0.1) is 11.8 Å². The van der Waals surface area contributed by atoms with Gasteiger partial charge in [-0.25, -0.2) is 0 Å². The summed E-state index contributed by atoms with van der Waals surface area (Å²) in [6.45, 7) is 5.10. The van der Waals surface area contributed by atoms with Crippen LogP contribution in [-0.4, -0.2) is 12.6 Å². The van der Waals surface area contributed by atoms with Crippen molar-refractivity contribution in [3.63, 3.8) is 0 Å². The summed E-state index contributed by atoms with van der Waals surface area (Å²) in [4.78, 5) is 0. The van der Waals surface area contributed by atoms with Crippen molar-refractivity contribution in [3.8, 4) is 11.8 Å². The van der Waals surface area contributed by atoms with E-state index in [1.54, 1.807) is 11.3 Å². The Morgan fingerprint density at radius 3 is 3.07 bits per heavy atom. The molecule has 0 amide bonds. The molecule has 2 heteroatoms. The zero-order valence-corrected chi connectivity index (χ0v) is 9.66. The highest BCUT2D eigenvalue weighted by Crippen LogP contribution is 2.08. The van der Waals surface area contributed by atoms with Gasteiger partial charge in [0, 0.05) is 19.0 Å². The molecular weight excluding hydrogens is 190 g/mol. The lowest BCUT2D eigenvalue weighted by Crippen LogP contribution is -2.28. The summed E-state index contributed by atoms with van der Waals surface area (Å²) in [6.07, 6.45) is 2.06. The first-order valence-corrected chi connectivity index (χ1v) is 5.91. The monoisotopic (exact) mass is 207 g/mol. The van der Waals surface area contributed by atoms with Crippen LogP contribution in [0.3, 0.4) is 0 Å². The van der Waals surface area contributed by atoms with Gasteiger partial charge < -0.3 is 5.32 Å². The van der Waals surface area contributed by atoms with Crippen LogP contribution in [0.2, 0.25) is 0 Å². The van der Waals surface area contributed by atoms with E-state index in [1.165, 1.54) is 5.56 Å². The fourth-order valence-corrected chi connectivity index (χ4v) is 2.02. The van der Waals surface area contributed by atoms with Gasteiger partial charge in [-0.05, 0) is 42.7 Å². The summed E-state index contributed by atoms with van der Waals surface area (Å²) in [5, 5.41) is 7.80. The van der Waals surface area contributed by atoms with Crippen LogP contribution in [0, 0.1) is 11.8 Å². The average molecular weight is 207 g/mol. The van der Waals surface area contributed by atoms with E-state index in [-0.39, 0.29) is 0 Å². The molecule has 0 bridgehead atoms. The first-order valence-electron chi connectivity index (χ1n) is 4.97. The summed E-state index contributed by atoms with van der Waals surface area (Å²) in [7, 11) is 0. The van der Waals surface area contributed by atoms with Crippen LogP contribution >= 0.6 is 11.3 Å². The van der Waals surface area contributed by atoms with Crippen molar-refractivity contribution in [2.75, 3.05) is 6.54 Å². The zero-order chi connectivity index (χ0) is 10.2. The van der Waals surface area contributed by atoms with E-state index in [1.807, 2.05) is 6.92 Å². The van der Waals surface area contributed by atoms with Crippen LogP contribution in [0.1, 0.15) is 25.8 Å². The Hall–Kier alpha value is -0.780. The van der Waals surface area contributed by atoms with Gasteiger partial charge in [0.15, 0.2) is 0 Å². The van der Waals surface area contributed by atoms with Gasteiger partial charge in [0.05, 0.1) is 0 Å². The molecule has 1 unspecified atom stereocenters. The zero-order valence-electron chi connectivity index (χ0n) is 8.84. The topological polar surface area (TPSA) is 12.0 Å². The molecule has 1 aromatic rings. The molecule has 1 nitrogen and oxygen atoms in total. The molecule has 0 radical (unpaired) electrons. The summed E-state index contributed by atoms with van der Waals surface area (Å²) >= 11 is 1.76. The van der Waals surface area contributed by atoms with Crippen molar-refractivity contribution >= 4 is 11.3 Å². The average Bonchev–Trinajstić information content (AvgIpc) is 2.65. The standard InChI is InChI=1S/C12H17NS/c1-3-4-5-7-13-11(2)9-12-6-8-14-10-12/h6,8,10-11,13H,5,7,9H2,1-2H3. The molecule has 0 saturated carbocycles. The highest BCUT2D eigenvalue weighted by Gasteiger charge is 2.01. The molecule has 1 rings (SSSR count). The predicted octanol–water partition coefficient (Wildman–Crippen LogP) is 2.68. The third-order valence-electron chi connectivity index (χ3n) is 2.04. The molecular formula is C12H17NS. The van der Waals surface area contributed by atoms with Crippen molar-refractivity contribution in [1.82, 2.24) is 5.32 Å². The van der Waals surface area contributed by atoms with Gasteiger partial charge in [0.1, 0.15) is 0 Å². The maximum Gasteiger partial charge on any atom is 0.0214 e. The van der Waals surface area contributed by atoms with Gasteiger partial charge in [0.2, 0.25) is 0 Å². The van der Waals surface area contributed by atoms with Crippen LogP contribution in [0.15, 0.2) is 16.8 Å². The lowest BCUT2D eigenvalue weighted by Gasteiger charge is -2.11. The number of hydrogen-bond acceptors (Lipinski definition) is 2. The molecule has 14 heavy (non-hydrogen) atoms. The second kappa shape index (κ2) is 6.64. The van der Waals surface area contributed by atoms with E-state index in [4.69, 9.17) is 0 Å². The second-order valence-corrected chi connectivity index (χ2v) is 4.15. The molecule has 1 atom stereocenters.